The second-order valence-corrected chi connectivity index (χ2v) is 3.48. The molecule has 0 amide bonds. The largest absolute Gasteiger partial charge is 0.493 e. The van der Waals surface area contributed by atoms with Crippen LogP contribution >= 0.6 is 0 Å². The van der Waals surface area contributed by atoms with E-state index in [1.165, 1.54) is 6.26 Å². The number of hydrogen-bond donors (Lipinski definition) is 1. The van der Waals surface area contributed by atoms with Crippen molar-refractivity contribution in [2.24, 2.45) is 0 Å². The highest BCUT2D eigenvalue weighted by Gasteiger charge is 2.15. The molecule has 2 rings (SSSR count). The van der Waals surface area contributed by atoms with E-state index in [-0.39, 0.29) is 6.01 Å². The molecule has 0 saturated carbocycles. The first-order valence-electron chi connectivity index (χ1n) is 5.21. The van der Waals surface area contributed by atoms with E-state index in [0.717, 1.165) is 5.56 Å². The van der Waals surface area contributed by atoms with Gasteiger partial charge in [-0.05, 0) is 12.1 Å². The average Bonchev–Trinajstić information content (AvgIpc) is 2.83. The number of nitrogens with two attached hydrogens (primary N) is 1. The Labute approximate surface area is 104 Å². The van der Waals surface area contributed by atoms with Crippen LogP contribution in [-0.4, -0.2) is 26.3 Å². The zero-order valence-corrected chi connectivity index (χ0v) is 10.4. The zero-order valence-electron chi connectivity index (χ0n) is 10.4. The van der Waals surface area contributed by atoms with Crippen LogP contribution in [0, 0.1) is 0 Å². The van der Waals surface area contributed by atoms with Crippen molar-refractivity contribution in [2.75, 3.05) is 27.1 Å². The quantitative estimate of drug-likeness (QED) is 0.893. The van der Waals surface area contributed by atoms with E-state index in [9.17, 15) is 0 Å². The number of oxazole rings is 1. The number of rotatable bonds is 4. The second-order valence-electron chi connectivity index (χ2n) is 3.48. The number of benzene rings is 1. The van der Waals surface area contributed by atoms with Gasteiger partial charge < -0.3 is 24.4 Å². The van der Waals surface area contributed by atoms with Crippen LogP contribution in [0.1, 0.15) is 0 Å². The van der Waals surface area contributed by atoms with E-state index in [0.29, 0.717) is 22.9 Å². The fourth-order valence-electron chi connectivity index (χ4n) is 1.65. The first-order chi connectivity index (χ1) is 8.69. The summed E-state index contributed by atoms with van der Waals surface area (Å²) in [6, 6.07) is 3.66. The van der Waals surface area contributed by atoms with Gasteiger partial charge in [0.1, 0.15) is 12.0 Å². The third kappa shape index (κ3) is 2.04. The predicted octanol–water partition coefficient (Wildman–Crippen LogP) is 1.95. The summed E-state index contributed by atoms with van der Waals surface area (Å²) in [5.74, 6) is 1.63. The Bertz CT molecular complexity index is 526. The summed E-state index contributed by atoms with van der Waals surface area (Å²) in [5.41, 5.74) is 6.82. The van der Waals surface area contributed by atoms with Crippen LogP contribution in [0.3, 0.4) is 0 Å². The lowest BCUT2D eigenvalue weighted by Gasteiger charge is -2.13. The number of anilines is 1. The number of ether oxygens (including phenoxy) is 3. The lowest BCUT2D eigenvalue weighted by molar-refractivity contribution is 0.324. The molecule has 2 aromatic rings. The fourth-order valence-corrected chi connectivity index (χ4v) is 1.65. The van der Waals surface area contributed by atoms with Crippen molar-refractivity contribution in [2.45, 2.75) is 0 Å². The molecule has 0 fully saturated rings. The van der Waals surface area contributed by atoms with E-state index < -0.39 is 0 Å². The summed E-state index contributed by atoms with van der Waals surface area (Å²) in [5, 5.41) is 0. The molecular weight excluding hydrogens is 236 g/mol. The van der Waals surface area contributed by atoms with Crippen LogP contribution in [0.15, 0.2) is 22.8 Å². The Hall–Kier alpha value is -2.37. The SMILES string of the molecule is COc1cc(-c2coc(N)n2)cc(OC)c1OC. The summed E-state index contributed by atoms with van der Waals surface area (Å²) in [7, 11) is 4.66. The van der Waals surface area contributed by atoms with Gasteiger partial charge in [0.25, 0.3) is 6.01 Å². The van der Waals surface area contributed by atoms with Gasteiger partial charge >= 0.3 is 0 Å². The van der Waals surface area contributed by atoms with Gasteiger partial charge in [0.2, 0.25) is 5.75 Å². The molecule has 0 bridgehead atoms. The molecule has 6 nitrogen and oxygen atoms in total. The summed E-state index contributed by atoms with van der Waals surface area (Å²) < 4.78 is 20.7. The minimum Gasteiger partial charge on any atom is -0.493 e. The molecule has 1 heterocycles. The van der Waals surface area contributed by atoms with E-state index >= 15 is 0 Å². The van der Waals surface area contributed by atoms with Gasteiger partial charge in [-0.1, -0.05) is 0 Å². The molecule has 0 aliphatic heterocycles. The standard InChI is InChI=1S/C12H14N2O4/c1-15-9-4-7(8-6-18-12(13)14-8)5-10(16-2)11(9)17-3/h4-6H,1-3H3,(H2,13,14). The van der Waals surface area contributed by atoms with Gasteiger partial charge in [0.05, 0.1) is 21.3 Å². The highest BCUT2D eigenvalue weighted by Crippen LogP contribution is 2.40. The van der Waals surface area contributed by atoms with Gasteiger partial charge in [-0.3, -0.25) is 0 Å². The molecule has 0 radical (unpaired) electrons. The Kier molecular flexibility index (Phi) is 3.27. The van der Waals surface area contributed by atoms with Crippen molar-refractivity contribution in [3.63, 3.8) is 0 Å². The minimum absolute atomic E-state index is 0.110. The molecule has 0 atom stereocenters. The summed E-state index contributed by atoms with van der Waals surface area (Å²) in [4.78, 5) is 4.05. The van der Waals surface area contributed by atoms with Crippen molar-refractivity contribution in [1.29, 1.82) is 0 Å². The average molecular weight is 250 g/mol. The Balaban J connectivity index is 2.56. The summed E-state index contributed by atoms with van der Waals surface area (Å²) in [6.07, 6.45) is 1.47. The maximum absolute atomic E-state index is 5.45. The fraction of sp³-hybridized carbons (Fsp3) is 0.250. The number of methoxy groups -OCH3 is 3. The number of nitrogens with zero attached hydrogens (tertiary/aromatic N) is 1. The first-order valence-corrected chi connectivity index (χ1v) is 5.21. The van der Waals surface area contributed by atoms with E-state index in [1.54, 1.807) is 33.5 Å². The van der Waals surface area contributed by atoms with Crippen molar-refractivity contribution < 1.29 is 18.6 Å². The van der Waals surface area contributed by atoms with Gasteiger partial charge in [0, 0.05) is 5.56 Å². The zero-order chi connectivity index (χ0) is 13.1. The molecule has 1 aromatic heterocycles. The molecule has 0 aliphatic rings. The maximum atomic E-state index is 5.45. The third-order valence-electron chi connectivity index (χ3n) is 2.48. The number of hydrogen-bond acceptors (Lipinski definition) is 6. The van der Waals surface area contributed by atoms with Crippen LogP contribution in [0.25, 0.3) is 11.3 Å². The molecule has 0 spiro atoms. The van der Waals surface area contributed by atoms with E-state index in [4.69, 9.17) is 24.4 Å². The van der Waals surface area contributed by atoms with Crippen molar-refractivity contribution in [3.05, 3.63) is 18.4 Å². The van der Waals surface area contributed by atoms with Crippen LogP contribution < -0.4 is 19.9 Å². The molecule has 0 unspecified atom stereocenters. The summed E-state index contributed by atoms with van der Waals surface area (Å²) in [6.45, 7) is 0. The van der Waals surface area contributed by atoms with Gasteiger partial charge in [-0.15, -0.1) is 0 Å². The third-order valence-corrected chi connectivity index (χ3v) is 2.48. The first kappa shape index (κ1) is 12.1. The summed E-state index contributed by atoms with van der Waals surface area (Å²) >= 11 is 0. The van der Waals surface area contributed by atoms with Crippen LogP contribution in [-0.2, 0) is 0 Å². The van der Waals surface area contributed by atoms with Gasteiger partial charge in [-0.25, -0.2) is 0 Å². The lowest BCUT2D eigenvalue weighted by Crippen LogP contribution is -1.95. The Morgan fingerprint density at radius 2 is 1.67 bits per heavy atom. The monoisotopic (exact) mass is 250 g/mol. The van der Waals surface area contributed by atoms with Gasteiger partial charge in [-0.2, -0.15) is 4.98 Å². The number of nitrogen functional groups attached to an aromatic ring is 1. The molecule has 1 aromatic carbocycles. The lowest BCUT2D eigenvalue weighted by atomic mass is 10.1. The van der Waals surface area contributed by atoms with E-state index in [1.807, 2.05) is 0 Å². The minimum atomic E-state index is 0.110. The Morgan fingerprint density at radius 3 is 2.06 bits per heavy atom. The number of aromatic nitrogens is 1. The second kappa shape index (κ2) is 4.87. The maximum Gasteiger partial charge on any atom is 0.292 e. The molecule has 18 heavy (non-hydrogen) atoms. The predicted molar refractivity (Wildman–Crippen MR) is 66.0 cm³/mol. The van der Waals surface area contributed by atoms with Crippen LogP contribution in [0.4, 0.5) is 6.01 Å². The molecule has 0 saturated heterocycles. The van der Waals surface area contributed by atoms with Crippen molar-refractivity contribution in [3.8, 4) is 28.5 Å². The molecule has 2 N–H and O–H groups in total. The normalized spacial score (nSPS) is 10.2. The van der Waals surface area contributed by atoms with Crippen LogP contribution in [0.2, 0.25) is 0 Å². The van der Waals surface area contributed by atoms with Gasteiger partial charge in [0.15, 0.2) is 11.5 Å². The molecular formula is C12H14N2O4. The van der Waals surface area contributed by atoms with E-state index in [2.05, 4.69) is 4.98 Å². The molecule has 96 valence electrons. The van der Waals surface area contributed by atoms with Crippen molar-refractivity contribution >= 4 is 6.01 Å². The smallest absolute Gasteiger partial charge is 0.292 e. The molecule has 6 heteroatoms. The van der Waals surface area contributed by atoms with Crippen molar-refractivity contribution in [1.82, 2.24) is 4.98 Å². The topological polar surface area (TPSA) is 79.7 Å². The van der Waals surface area contributed by atoms with Crippen LogP contribution in [0.5, 0.6) is 17.2 Å². The highest BCUT2D eigenvalue weighted by atomic mass is 16.5. The molecule has 0 aliphatic carbocycles. The highest BCUT2D eigenvalue weighted by molar-refractivity contribution is 5.68. The Morgan fingerprint density at radius 1 is 1.06 bits per heavy atom.